The van der Waals surface area contributed by atoms with Gasteiger partial charge in [-0.3, -0.25) is 4.21 Å². The minimum Gasteiger partial charge on any atom is -0.396 e. The van der Waals surface area contributed by atoms with E-state index in [1.807, 2.05) is 0 Å². The molecule has 0 saturated carbocycles. The number of aliphatic hydroxyl groups excluding tert-OH is 1. The van der Waals surface area contributed by atoms with E-state index in [1.54, 1.807) is 0 Å². The van der Waals surface area contributed by atoms with Crippen molar-refractivity contribution in [1.82, 2.24) is 0 Å². The van der Waals surface area contributed by atoms with Crippen molar-refractivity contribution in [1.29, 1.82) is 0 Å². The normalized spacial score (nSPS) is 14.1. The predicted molar refractivity (Wildman–Crippen MR) is 58.8 cm³/mol. The molecule has 0 saturated heterocycles. The molecule has 0 aliphatic rings. The minimum atomic E-state index is -3.75. The van der Waals surface area contributed by atoms with Gasteiger partial charge in [0.15, 0.2) is 0 Å². The molecule has 5 nitrogen and oxygen atoms in total. The van der Waals surface area contributed by atoms with Gasteiger partial charge in [0.05, 0.1) is 15.0 Å². The topological polar surface area (TPSA) is 97.5 Å². The van der Waals surface area contributed by atoms with E-state index in [9.17, 15) is 12.6 Å². The van der Waals surface area contributed by atoms with E-state index in [4.69, 9.17) is 10.2 Å². The average molecular weight is 269 g/mol. The molecule has 0 amide bonds. The Morgan fingerprint density at radius 3 is 2.60 bits per heavy atom. The predicted octanol–water partition coefficient (Wildman–Crippen LogP) is -0.332. The second kappa shape index (κ2) is 4.71. The Hall–Kier alpha value is -0.280. The van der Waals surface area contributed by atoms with Crippen molar-refractivity contribution in [2.75, 3.05) is 12.9 Å². The molecule has 1 aromatic heterocycles. The molecule has 1 atom stereocenters. The van der Waals surface area contributed by atoms with E-state index in [-0.39, 0.29) is 17.2 Å². The maximum absolute atomic E-state index is 11.3. The smallest absolute Gasteiger partial charge is 0.247 e. The third-order valence-corrected chi connectivity index (χ3v) is 5.80. The number of hydrogen-bond acceptors (Lipinski definition) is 5. The third kappa shape index (κ3) is 3.08. The lowest BCUT2D eigenvalue weighted by atomic mass is 10.3. The fraction of sp³-hybridized carbons (Fsp3) is 0.429. The molecule has 0 spiro atoms. The van der Waals surface area contributed by atoms with Crippen molar-refractivity contribution >= 4 is 32.2 Å². The molecule has 1 aromatic rings. The molecule has 86 valence electrons. The minimum absolute atomic E-state index is 0.0175. The zero-order valence-corrected chi connectivity index (χ0v) is 10.4. The van der Waals surface area contributed by atoms with Crippen LogP contribution in [0.5, 0.6) is 0 Å². The van der Waals surface area contributed by atoms with Crippen LogP contribution in [0.15, 0.2) is 14.5 Å². The Morgan fingerprint density at radius 1 is 1.60 bits per heavy atom. The Kier molecular flexibility index (Phi) is 4.01. The van der Waals surface area contributed by atoms with Crippen LogP contribution in [0.4, 0.5) is 0 Å². The van der Waals surface area contributed by atoms with Crippen molar-refractivity contribution in [2.24, 2.45) is 5.14 Å². The van der Waals surface area contributed by atoms with Gasteiger partial charge in [0.25, 0.3) is 0 Å². The van der Waals surface area contributed by atoms with Crippen LogP contribution in [0.25, 0.3) is 0 Å². The summed E-state index contributed by atoms with van der Waals surface area (Å²) in [5.74, 6) is 0. The zero-order chi connectivity index (χ0) is 11.6. The third-order valence-electron chi connectivity index (χ3n) is 1.67. The lowest BCUT2D eigenvalue weighted by Gasteiger charge is -1.95. The monoisotopic (exact) mass is 269 g/mol. The fourth-order valence-corrected chi connectivity index (χ4v) is 4.19. The van der Waals surface area contributed by atoms with Gasteiger partial charge in [0.1, 0.15) is 4.21 Å². The Bertz CT molecular complexity index is 476. The number of sulfonamides is 1. The number of hydrogen-bond donors (Lipinski definition) is 2. The molecule has 0 radical (unpaired) electrons. The van der Waals surface area contributed by atoms with Crippen LogP contribution in [0, 0.1) is 0 Å². The van der Waals surface area contributed by atoms with Crippen LogP contribution in [0.1, 0.15) is 5.56 Å². The van der Waals surface area contributed by atoms with Crippen LogP contribution in [0.2, 0.25) is 0 Å². The molecule has 0 aromatic carbocycles. The summed E-state index contributed by atoms with van der Waals surface area (Å²) in [4.78, 5) is 0. The first kappa shape index (κ1) is 12.8. The number of nitrogens with two attached hydrogens (primary N) is 1. The van der Waals surface area contributed by atoms with Gasteiger partial charge in [-0.05, 0) is 18.1 Å². The van der Waals surface area contributed by atoms with Gasteiger partial charge in [-0.15, -0.1) is 11.3 Å². The van der Waals surface area contributed by atoms with Gasteiger partial charge in [0, 0.05) is 12.9 Å². The van der Waals surface area contributed by atoms with Crippen LogP contribution in [-0.2, 0) is 27.2 Å². The molecule has 0 aliphatic heterocycles. The summed E-state index contributed by atoms with van der Waals surface area (Å²) >= 11 is 0.890. The highest BCUT2D eigenvalue weighted by atomic mass is 32.3. The first-order valence-corrected chi connectivity index (χ1v) is 7.88. The van der Waals surface area contributed by atoms with E-state index in [0.717, 1.165) is 11.3 Å². The lowest BCUT2D eigenvalue weighted by molar-refractivity contribution is 0.299. The van der Waals surface area contributed by atoms with E-state index >= 15 is 0 Å². The highest BCUT2D eigenvalue weighted by molar-refractivity contribution is 7.92. The average Bonchev–Trinajstić information content (AvgIpc) is 2.48. The second-order valence-electron chi connectivity index (χ2n) is 2.85. The van der Waals surface area contributed by atoms with Gasteiger partial charge in [-0.1, -0.05) is 0 Å². The van der Waals surface area contributed by atoms with Crippen LogP contribution >= 0.6 is 11.3 Å². The number of thiophene rings is 1. The molecule has 1 heterocycles. The zero-order valence-electron chi connectivity index (χ0n) is 7.97. The Balaban J connectivity index is 3.27. The number of aliphatic hydroxyl groups is 1. The van der Waals surface area contributed by atoms with E-state index in [0.29, 0.717) is 9.77 Å². The van der Waals surface area contributed by atoms with Crippen molar-refractivity contribution in [3.63, 3.8) is 0 Å². The fourth-order valence-electron chi connectivity index (χ4n) is 1.07. The van der Waals surface area contributed by atoms with Gasteiger partial charge < -0.3 is 5.11 Å². The highest BCUT2D eigenvalue weighted by Crippen LogP contribution is 2.28. The highest BCUT2D eigenvalue weighted by Gasteiger charge is 2.18. The van der Waals surface area contributed by atoms with Crippen LogP contribution in [0.3, 0.4) is 0 Å². The molecule has 1 unspecified atom stereocenters. The molecule has 0 fully saturated rings. The quantitative estimate of drug-likeness (QED) is 0.782. The Morgan fingerprint density at radius 2 is 2.20 bits per heavy atom. The Labute approximate surface area is 94.4 Å². The standard InChI is InChI=1S/C7H11NO4S3/c1-14(10)7-5(2-3-9)4-6(13-7)15(8,11)12/h4,9H,2-3H2,1H3,(H2,8,11,12). The maximum Gasteiger partial charge on any atom is 0.247 e. The van der Waals surface area contributed by atoms with Gasteiger partial charge in [-0.25, -0.2) is 13.6 Å². The summed E-state index contributed by atoms with van der Waals surface area (Å²) in [5, 5.41) is 13.7. The molecule has 3 N–H and O–H groups in total. The summed E-state index contributed by atoms with van der Waals surface area (Å²) in [6, 6.07) is 1.37. The largest absolute Gasteiger partial charge is 0.396 e. The first-order valence-electron chi connectivity index (χ1n) is 3.96. The molecule has 0 aliphatic carbocycles. The van der Waals surface area contributed by atoms with Crippen LogP contribution < -0.4 is 5.14 Å². The number of primary sulfonamides is 1. The van der Waals surface area contributed by atoms with E-state index < -0.39 is 20.8 Å². The molecular formula is C7H11NO4S3. The lowest BCUT2D eigenvalue weighted by Crippen LogP contribution is -2.10. The van der Waals surface area contributed by atoms with E-state index in [1.165, 1.54) is 12.3 Å². The SMILES string of the molecule is CS(=O)c1sc(S(N)(=O)=O)cc1CCO. The summed E-state index contributed by atoms with van der Waals surface area (Å²) < 4.78 is 33.8. The van der Waals surface area contributed by atoms with Gasteiger partial charge >= 0.3 is 0 Å². The molecule has 1 rings (SSSR count). The van der Waals surface area contributed by atoms with Crippen molar-refractivity contribution in [3.8, 4) is 0 Å². The van der Waals surface area contributed by atoms with Crippen molar-refractivity contribution < 1.29 is 17.7 Å². The van der Waals surface area contributed by atoms with E-state index in [2.05, 4.69) is 0 Å². The van der Waals surface area contributed by atoms with Crippen LogP contribution in [-0.4, -0.2) is 30.6 Å². The van der Waals surface area contributed by atoms with Gasteiger partial charge in [-0.2, -0.15) is 0 Å². The molecule has 0 bridgehead atoms. The molecular weight excluding hydrogens is 258 g/mol. The summed E-state index contributed by atoms with van der Waals surface area (Å²) in [7, 11) is -5.02. The van der Waals surface area contributed by atoms with Gasteiger partial charge in [0.2, 0.25) is 10.0 Å². The molecule has 15 heavy (non-hydrogen) atoms. The summed E-state index contributed by atoms with van der Waals surface area (Å²) in [5.41, 5.74) is 0.576. The summed E-state index contributed by atoms with van der Waals surface area (Å²) in [6.45, 7) is -0.120. The second-order valence-corrected chi connectivity index (χ2v) is 7.27. The maximum atomic E-state index is 11.3. The number of rotatable bonds is 4. The first-order chi connectivity index (χ1) is 6.86. The van der Waals surface area contributed by atoms with Crippen molar-refractivity contribution in [3.05, 3.63) is 11.6 Å². The van der Waals surface area contributed by atoms with Crippen molar-refractivity contribution in [2.45, 2.75) is 14.8 Å². The molecule has 8 heteroatoms. The summed E-state index contributed by atoms with van der Waals surface area (Å²) in [6.07, 6.45) is 1.74.